The van der Waals surface area contributed by atoms with Crippen LogP contribution in [0.5, 0.6) is 5.75 Å². The minimum Gasteiger partial charge on any atom is -0.480 e. The van der Waals surface area contributed by atoms with Crippen LogP contribution in [0, 0.1) is 0 Å². The number of rotatable bonds is 3. The molecule has 1 aromatic rings. The molecule has 14 heavy (non-hydrogen) atoms. The minimum absolute atomic E-state index is 0.202. The van der Waals surface area contributed by atoms with Crippen LogP contribution in [0.3, 0.4) is 0 Å². The van der Waals surface area contributed by atoms with E-state index in [2.05, 4.69) is 0 Å². The van der Waals surface area contributed by atoms with Crippen LogP contribution in [0.25, 0.3) is 0 Å². The molecule has 0 atom stereocenters. The summed E-state index contributed by atoms with van der Waals surface area (Å²) >= 11 is 11.4. The van der Waals surface area contributed by atoms with Gasteiger partial charge in [0.05, 0.1) is 15.7 Å². The Kier molecular flexibility index (Phi) is 3.43. The second kappa shape index (κ2) is 4.39. The third-order valence-corrected chi connectivity index (χ3v) is 2.03. The van der Waals surface area contributed by atoms with Gasteiger partial charge in [-0.15, -0.1) is 0 Å². The Bertz CT molecular complexity index is 368. The van der Waals surface area contributed by atoms with Crippen LogP contribution in [-0.4, -0.2) is 17.7 Å². The van der Waals surface area contributed by atoms with Crippen molar-refractivity contribution in [2.75, 3.05) is 12.3 Å². The molecule has 0 fully saturated rings. The Balaban J connectivity index is 2.87. The summed E-state index contributed by atoms with van der Waals surface area (Å²) in [6.07, 6.45) is 0. The molecule has 0 aliphatic carbocycles. The molecule has 1 rings (SSSR count). The quantitative estimate of drug-likeness (QED) is 0.787. The molecule has 0 aromatic heterocycles. The fraction of sp³-hybridized carbons (Fsp3) is 0.125. The maximum absolute atomic E-state index is 10.2. The van der Waals surface area contributed by atoms with Crippen molar-refractivity contribution in [3.8, 4) is 5.75 Å². The summed E-state index contributed by atoms with van der Waals surface area (Å²) in [5.74, 6) is -0.887. The number of hydrogen-bond acceptors (Lipinski definition) is 3. The smallest absolute Gasteiger partial charge is 0.341 e. The third-order valence-electron chi connectivity index (χ3n) is 1.40. The number of nitrogen functional groups attached to an aromatic ring is 1. The lowest BCUT2D eigenvalue weighted by Crippen LogP contribution is -2.09. The van der Waals surface area contributed by atoms with Crippen molar-refractivity contribution in [1.82, 2.24) is 0 Å². The summed E-state index contributed by atoms with van der Waals surface area (Å²) in [4.78, 5) is 10.2. The molecule has 0 radical (unpaired) electrons. The van der Waals surface area contributed by atoms with Gasteiger partial charge >= 0.3 is 5.97 Å². The third kappa shape index (κ3) is 2.68. The van der Waals surface area contributed by atoms with Crippen LogP contribution in [-0.2, 0) is 4.79 Å². The number of carboxylic acid groups (broad SMARTS) is 1. The van der Waals surface area contributed by atoms with Crippen molar-refractivity contribution in [2.24, 2.45) is 0 Å². The highest BCUT2D eigenvalue weighted by Crippen LogP contribution is 2.32. The number of carbonyl (C=O) groups is 1. The molecule has 0 aliphatic rings. The number of halogens is 2. The van der Waals surface area contributed by atoms with Gasteiger partial charge in [-0.2, -0.15) is 0 Å². The van der Waals surface area contributed by atoms with Crippen molar-refractivity contribution >= 4 is 34.9 Å². The molecule has 0 saturated carbocycles. The highest BCUT2D eigenvalue weighted by Gasteiger charge is 2.07. The van der Waals surface area contributed by atoms with Crippen LogP contribution < -0.4 is 10.5 Å². The number of nitrogens with two attached hydrogens (primary N) is 1. The first-order valence-corrected chi connectivity index (χ1v) is 4.35. The van der Waals surface area contributed by atoms with Gasteiger partial charge in [0, 0.05) is 6.07 Å². The first-order chi connectivity index (χ1) is 6.50. The highest BCUT2D eigenvalue weighted by molar-refractivity contribution is 6.36. The van der Waals surface area contributed by atoms with E-state index in [0.717, 1.165) is 0 Å². The highest BCUT2D eigenvalue weighted by atomic mass is 35.5. The van der Waals surface area contributed by atoms with Crippen molar-refractivity contribution in [3.05, 3.63) is 22.2 Å². The van der Waals surface area contributed by atoms with Crippen molar-refractivity contribution in [1.29, 1.82) is 0 Å². The molecule has 0 bridgehead atoms. The van der Waals surface area contributed by atoms with Crippen molar-refractivity contribution in [3.63, 3.8) is 0 Å². The Labute approximate surface area is 90.2 Å². The Morgan fingerprint density at radius 3 is 2.64 bits per heavy atom. The first kappa shape index (κ1) is 10.9. The summed E-state index contributed by atoms with van der Waals surface area (Å²) in [6.45, 7) is -0.472. The fourth-order valence-corrected chi connectivity index (χ4v) is 1.17. The molecule has 0 unspecified atom stereocenters. The normalized spacial score (nSPS) is 9.86. The zero-order valence-electron chi connectivity index (χ0n) is 6.96. The topological polar surface area (TPSA) is 72.5 Å². The van der Waals surface area contributed by atoms with E-state index in [0.29, 0.717) is 5.69 Å². The summed E-state index contributed by atoms with van der Waals surface area (Å²) in [5, 5.41) is 8.87. The number of ether oxygens (including phenoxy) is 1. The van der Waals surface area contributed by atoms with E-state index in [1.54, 1.807) is 0 Å². The monoisotopic (exact) mass is 235 g/mol. The molecule has 0 aliphatic heterocycles. The van der Waals surface area contributed by atoms with E-state index in [1.165, 1.54) is 12.1 Å². The number of hydrogen-bond donors (Lipinski definition) is 2. The predicted octanol–water partition coefficient (Wildman–Crippen LogP) is 2.04. The summed E-state index contributed by atoms with van der Waals surface area (Å²) in [5.41, 5.74) is 5.78. The molecule has 0 amide bonds. The van der Waals surface area contributed by atoms with E-state index in [9.17, 15) is 4.79 Å². The molecule has 76 valence electrons. The number of aliphatic carboxylic acids is 1. The molecule has 1 aromatic carbocycles. The van der Waals surface area contributed by atoms with Gasteiger partial charge in [-0.05, 0) is 6.07 Å². The Hall–Kier alpha value is -1.13. The molecule has 0 heterocycles. The van der Waals surface area contributed by atoms with Gasteiger partial charge in [-0.1, -0.05) is 23.2 Å². The summed E-state index contributed by atoms with van der Waals surface area (Å²) in [7, 11) is 0. The van der Waals surface area contributed by atoms with E-state index in [-0.39, 0.29) is 15.8 Å². The number of carboxylic acids is 1. The average Bonchev–Trinajstić information content (AvgIpc) is 2.09. The Morgan fingerprint density at radius 2 is 2.07 bits per heavy atom. The van der Waals surface area contributed by atoms with Crippen LogP contribution in [0.1, 0.15) is 0 Å². The Morgan fingerprint density at radius 1 is 1.43 bits per heavy atom. The predicted molar refractivity (Wildman–Crippen MR) is 54.0 cm³/mol. The van der Waals surface area contributed by atoms with Crippen LogP contribution in [0.4, 0.5) is 5.69 Å². The standard InChI is InChI=1S/C8H7Cl2NO3/c9-4-2-7(14-3-8(12)13)5(10)1-6(4)11/h1-2H,3,11H2,(H,12,13). The molecule has 6 heteroatoms. The molecular weight excluding hydrogens is 229 g/mol. The van der Waals surface area contributed by atoms with E-state index in [4.69, 9.17) is 38.8 Å². The molecule has 4 nitrogen and oxygen atoms in total. The minimum atomic E-state index is -1.09. The lowest BCUT2D eigenvalue weighted by Gasteiger charge is -2.07. The van der Waals surface area contributed by atoms with Gasteiger partial charge in [0.2, 0.25) is 0 Å². The van der Waals surface area contributed by atoms with E-state index < -0.39 is 12.6 Å². The van der Waals surface area contributed by atoms with Gasteiger partial charge in [0.15, 0.2) is 6.61 Å². The zero-order chi connectivity index (χ0) is 10.7. The fourth-order valence-electron chi connectivity index (χ4n) is 0.794. The number of benzene rings is 1. The van der Waals surface area contributed by atoms with Crippen LogP contribution in [0.15, 0.2) is 12.1 Å². The number of anilines is 1. The average molecular weight is 236 g/mol. The zero-order valence-corrected chi connectivity index (χ0v) is 8.47. The molecule has 0 saturated heterocycles. The lowest BCUT2D eigenvalue weighted by atomic mass is 10.3. The molecule has 3 N–H and O–H groups in total. The second-order valence-corrected chi connectivity index (χ2v) is 3.30. The molecular formula is C8H7Cl2NO3. The SMILES string of the molecule is Nc1cc(Cl)c(OCC(=O)O)cc1Cl. The van der Waals surface area contributed by atoms with E-state index >= 15 is 0 Å². The maximum atomic E-state index is 10.2. The van der Waals surface area contributed by atoms with Gasteiger partial charge in [0.1, 0.15) is 5.75 Å². The van der Waals surface area contributed by atoms with Crippen LogP contribution >= 0.6 is 23.2 Å². The summed E-state index contributed by atoms with van der Waals surface area (Å²) in [6, 6.07) is 2.78. The van der Waals surface area contributed by atoms with Gasteiger partial charge < -0.3 is 15.6 Å². The van der Waals surface area contributed by atoms with E-state index in [1.807, 2.05) is 0 Å². The summed E-state index contributed by atoms with van der Waals surface area (Å²) < 4.78 is 4.86. The lowest BCUT2D eigenvalue weighted by molar-refractivity contribution is -0.139. The van der Waals surface area contributed by atoms with Gasteiger partial charge in [-0.3, -0.25) is 0 Å². The largest absolute Gasteiger partial charge is 0.480 e. The second-order valence-electron chi connectivity index (χ2n) is 2.49. The van der Waals surface area contributed by atoms with Crippen LogP contribution in [0.2, 0.25) is 10.0 Å². The van der Waals surface area contributed by atoms with Crippen molar-refractivity contribution in [2.45, 2.75) is 0 Å². The van der Waals surface area contributed by atoms with Gasteiger partial charge in [-0.25, -0.2) is 4.79 Å². The van der Waals surface area contributed by atoms with Gasteiger partial charge in [0.25, 0.3) is 0 Å². The van der Waals surface area contributed by atoms with Crippen molar-refractivity contribution < 1.29 is 14.6 Å². The maximum Gasteiger partial charge on any atom is 0.341 e. The first-order valence-electron chi connectivity index (χ1n) is 3.60. The molecule has 0 spiro atoms.